The first-order valence-electron chi connectivity index (χ1n) is 10.3. The molecule has 1 atom stereocenters. The molecule has 2 amide bonds. The third kappa shape index (κ3) is 4.81. The van der Waals surface area contributed by atoms with Gasteiger partial charge in [0.25, 0.3) is 5.91 Å². The number of para-hydroxylation sites is 1. The topological polar surface area (TPSA) is 77.0 Å². The van der Waals surface area contributed by atoms with Crippen molar-refractivity contribution >= 4 is 51.5 Å². The van der Waals surface area contributed by atoms with Gasteiger partial charge in [-0.15, -0.1) is 11.3 Å². The molecule has 1 aromatic carbocycles. The molecule has 0 saturated carbocycles. The lowest BCUT2D eigenvalue weighted by Crippen LogP contribution is -2.58. The predicted octanol–water partition coefficient (Wildman–Crippen LogP) is 4.60. The van der Waals surface area contributed by atoms with Crippen molar-refractivity contribution in [2.24, 2.45) is 11.0 Å². The first-order valence-corrected chi connectivity index (χ1v) is 12.1. The van der Waals surface area contributed by atoms with Gasteiger partial charge in [-0.1, -0.05) is 37.7 Å². The Kier molecular flexibility index (Phi) is 6.57. The van der Waals surface area contributed by atoms with E-state index in [1.54, 1.807) is 4.90 Å². The number of nitrogens with zero attached hydrogens (tertiary/aromatic N) is 3. The van der Waals surface area contributed by atoms with Gasteiger partial charge in [-0.3, -0.25) is 24.8 Å². The third-order valence-electron chi connectivity index (χ3n) is 5.17. The van der Waals surface area contributed by atoms with E-state index in [1.165, 1.54) is 29.5 Å². The molecule has 12 heteroatoms. The van der Waals surface area contributed by atoms with E-state index in [4.69, 9.17) is 0 Å². The lowest BCUT2D eigenvalue weighted by atomic mass is 10.1. The summed E-state index contributed by atoms with van der Waals surface area (Å²) in [6.45, 7) is 4.71. The van der Waals surface area contributed by atoms with Crippen LogP contribution in [0.25, 0.3) is 0 Å². The first-order chi connectivity index (χ1) is 15.7. The average Bonchev–Trinajstić information content (AvgIpc) is 3.39. The molecule has 0 radical (unpaired) electrons. The summed E-state index contributed by atoms with van der Waals surface area (Å²) in [4.78, 5) is 29.6. The monoisotopic (exact) mass is 497 g/mol. The fraction of sp³-hybridized carbons (Fsp3) is 0.381. The predicted molar refractivity (Wildman–Crippen MR) is 124 cm³/mol. The molecule has 0 bridgehead atoms. The van der Waals surface area contributed by atoms with Crippen LogP contribution >= 0.6 is 23.1 Å². The molecule has 0 fully saturated rings. The van der Waals surface area contributed by atoms with Crippen molar-refractivity contribution in [3.63, 3.8) is 0 Å². The highest BCUT2D eigenvalue weighted by Gasteiger charge is 2.43. The van der Waals surface area contributed by atoms with Crippen LogP contribution < -0.4 is 15.6 Å². The second-order valence-corrected chi connectivity index (χ2v) is 9.82. The first kappa shape index (κ1) is 23.4. The number of hydrogen-bond donors (Lipinski definition) is 2. The number of nitrogens with one attached hydrogen (secondary N) is 2. The van der Waals surface area contributed by atoms with Crippen molar-refractivity contribution < 1.29 is 22.8 Å². The molecule has 0 saturated heterocycles. The van der Waals surface area contributed by atoms with E-state index in [-0.39, 0.29) is 17.3 Å². The van der Waals surface area contributed by atoms with Gasteiger partial charge in [-0.25, -0.2) is 0 Å². The highest BCUT2D eigenvalue weighted by atomic mass is 32.2. The van der Waals surface area contributed by atoms with E-state index >= 15 is 0 Å². The number of hydrazone groups is 1. The van der Waals surface area contributed by atoms with Crippen LogP contribution in [0.1, 0.15) is 35.5 Å². The summed E-state index contributed by atoms with van der Waals surface area (Å²) in [5.74, 6) is -0.388. The Morgan fingerprint density at radius 2 is 2.06 bits per heavy atom. The Morgan fingerprint density at radius 3 is 2.79 bits per heavy atom. The number of fused-ring (bicyclic) bond motifs is 3. The molecule has 7 nitrogen and oxygen atoms in total. The van der Waals surface area contributed by atoms with Gasteiger partial charge in [-0.2, -0.15) is 18.3 Å². The van der Waals surface area contributed by atoms with E-state index in [1.807, 2.05) is 16.3 Å². The second kappa shape index (κ2) is 9.26. The number of thiophene rings is 1. The molecule has 0 spiro atoms. The molecule has 176 valence electrons. The maximum atomic E-state index is 13.2. The summed E-state index contributed by atoms with van der Waals surface area (Å²) in [5, 5.41) is 8.95. The van der Waals surface area contributed by atoms with Gasteiger partial charge in [0.15, 0.2) is 5.17 Å². The number of benzene rings is 1. The van der Waals surface area contributed by atoms with Crippen LogP contribution in [0.15, 0.2) is 40.8 Å². The minimum Gasteiger partial charge on any atom is -0.325 e. The lowest BCUT2D eigenvalue weighted by molar-refractivity contribution is -0.137. The van der Waals surface area contributed by atoms with Crippen LogP contribution in [0.4, 0.5) is 24.5 Å². The van der Waals surface area contributed by atoms with Crippen molar-refractivity contribution in [1.29, 1.82) is 0 Å². The zero-order valence-corrected chi connectivity index (χ0v) is 19.5. The van der Waals surface area contributed by atoms with Crippen LogP contribution in [0.3, 0.4) is 0 Å². The molecule has 33 heavy (non-hydrogen) atoms. The molecule has 1 unspecified atom stereocenters. The number of halogens is 3. The summed E-state index contributed by atoms with van der Waals surface area (Å²) >= 11 is 2.43. The third-order valence-corrected chi connectivity index (χ3v) is 7.01. The molecule has 1 aromatic heterocycles. The van der Waals surface area contributed by atoms with Gasteiger partial charge in [0.05, 0.1) is 22.7 Å². The molecule has 2 N–H and O–H groups in total. The Bertz CT molecular complexity index is 1090. The highest BCUT2D eigenvalue weighted by Crippen LogP contribution is 2.38. The molecule has 2 aliphatic heterocycles. The molecule has 2 aliphatic rings. The minimum absolute atomic E-state index is 0.0719. The van der Waals surface area contributed by atoms with Gasteiger partial charge >= 0.3 is 6.18 Å². The van der Waals surface area contributed by atoms with Gasteiger partial charge in [0.1, 0.15) is 4.88 Å². The van der Waals surface area contributed by atoms with Crippen molar-refractivity contribution in [2.75, 3.05) is 22.5 Å². The quantitative estimate of drug-likeness (QED) is 0.610. The standard InChI is InChI=1S/C21H22F3N5O2S2/c1-12(2)7-9-28-18(31)17-15(8-10-32-17)29-19(28)26-27-20(29)33-11-16(30)25-14-6-4-3-5-13(14)21(22,23)24/h3-6,8,10,12,19,26H,7,9,11H2,1-2H3,(H,25,30). The zero-order valence-electron chi connectivity index (χ0n) is 17.8. The van der Waals surface area contributed by atoms with Crippen LogP contribution in [0.2, 0.25) is 0 Å². The number of thioether (sulfide) groups is 1. The summed E-state index contributed by atoms with van der Waals surface area (Å²) in [6, 6.07) is 6.67. The Hall–Kier alpha value is -2.73. The van der Waals surface area contributed by atoms with E-state index < -0.39 is 23.9 Å². The Balaban J connectivity index is 1.46. The van der Waals surface area contributed by atoms with E-state index in [2.05, 4.69) is 29.7 Å². The number of rotatable bonds is 6. The molecule has 2 aromatic rings. The van der Waals surface area contributed by atoms with Gasteiger partial charge < -0.3 is 5.32 Å². The van der Waals surface area contributed by atoms with Crippen LogP contribution in [0.5, 0.6) is 0 Å². The maximum Gasteiger partial charge on any atom is 0.418 e. The number of amidine groups is 1. The van der Waals surface area contributed by atoms with Gasteiger partial charge in [0, 0.05) is 6.54 Å². The summed E-state index contributed by atoms with van der Waals surface area (Å²) < 4.78 is 39.6. The fourth-order valence-electron chi connectivity index (χ4n) is 3.55. The normalized spacial score (nSPS) is 17.6. The average molecular weight is 498 g/mol. The minimum atomic E-state index is -4.57. The van der Waals surface area contributed by atoms with Crippen LogP contribution in [-0.2, 0) is 11.0 Å². The largest absolute Gasteiger partial charge is 0.418 e. The van der Waals surface area contributed by atoms with Crippen molar-refractivity contribution in [1.82, 2.24) is 10.3 Å². The number of alkyl halides is 3. The fourth-order valence-corrected chi connectivity index (χ4v) is 5.17. The van der Waals surface area contributed by atoms with E-state index in [9.17, 15) is 22.8 Å². The number of carbonyl (C=O) groups excluding carboxylic acids is 2. The summed E-state index contributed by atoms with van der Waals surface area (Å²) in [6.07, 6.45) is -4.25. The van der Waals surface area contributed by atoms with E-state index in [0.29, 0.717) is 28.2 Å². The van der Waals surface area contributed by atoms with Crippen molar-refractivity contribution in [3.8, 4) is 0 Å². The summed E-state index contributed by atoms with van der Waals surface area (Å²) in [7, 11) is 0. The zero-order chi connectivity index (χ0) is 23.8. The van der Waals surface area contributed by atoms with Crippen molar-refractivity contribution in [3.05, 3.63) is 46.2 Å². The van der Waals surface area contributed by atoms with Gasteiger partial charge in [-0.05, 0) is 35.9 Å². The molecule has 4 rings (SSSR count). The highest BCUT2D eigenvalue weighted by molar-refractivity contribution is 8.14. The number of carbonyl (C=O) groups is 2. The second-order valence-electron chi connectivity index (χ2n) is 7.96. The molecular weight excluding hydrogens is 475 g/mol. The number of amides is 2. The number of anilines is 2. The molecule has 3 heterocycles. The van der Waals surface area contributed by atoms with Crippen LogP contribution in [-0.4, -0.2) is 40.5 Å². The van der Waals surface area contributed by atoms with Crippen molar-refractivity contribution in [2.45, 2.75) is 32.7 Å². The van der Waals surface area contributed by atoms with E-state index in [0.717, 1.165) is 24.2 Å². The van der Waals surface area contributed by atoms with Gasteiger partial charge in [0.2, 0.25) is 12.2 Å². The maximum absolute atomic E-state index is 13.2. The SMILES string of the molecule is CC(C)CCN1C(=O)c2sccc2N2C(SCC(=O)Nc3ccccc3C(F)(F)F)=NNC12. The molecule has 0 aliphatic carbocycles. The number of hydrogen-bond acceptors (Lipinski definition) is 7. The molecular formula is C21H22F3N5O2S2. The smallest absolute Gasteiger partial charge is 0.325 e. The van der Waals surface area contributed by atoms with Crippen LogP contribution in [0, 0.1) is 5.92 Å². The lowest BCUT2D eigenvalue weighted by Gasteiger charge is -2.39. The Morgan fingerprint density at radius 1 is 1.30 bits per heavy atom. The Labute approximate surface area is 197 Å². The summed E-state index contributed by atoms with van der Waals surface area (Å²) in [5.41, 5.74) is 2.48.